The summed E-state index contributed by atoms with van der Waals surface area (Å²) in [6.45, 7) is 1.79. The van der Waals surface area contributed by atoms with Crippen molar-refractivity contribution in [2.24, 2.45) is 14.1 Å². The third kappa shape index (κ3) is 4.61. The summed E-state index contributed by atoms with van der Waals surface area (Å²) in [6, 6.07) is 7.11. The number of aryl methyl sites for hydroxylation is 1. The summed E-state index contributed by atoms with van der Waals surface area (Å²) in [5, 5.41) is 10.8. The molecule has 0 amide bonds. The maximum atomic E-state index is 13.1. The van der Waals surface area contributed by atoms with E-state index in [9.17, 15) is 14.7 Å². The van der Waals surface area contributed by atoms with Crippen LogP contribution in [0, 0.1) is 0 Å². The van der Waals surface area contributed by atoms with Crippen LogP contribution in [0.3, 0.4) is 0 Å². The number of fused-ring (bicyclic) bond motifs is 1. The van der Waals surface area contributed by atoms with E-state index in [-0.39, 0.29) is 13.2 Å². The van der Waals surface area contributed by atoms with Crippen molar-refractivity contribution in [2.75, 3.05) is 31.7 Å². The predicted molar refractivity (Wildman–Crippen MR) is 125 cm³/mol. The van der Waals surface area contributed by atoms with Crippen LogP contribution in [-0.4, -0.2) is 56.7 Å². The van der Waals surface area contributed by atoms with Gasteiger partial charge < -0.3 is 24.0 Å². The number of imidazole rings is 1. The fourth-order valence-electron chi connectivity index (χ4n) is 4.25. The zero-order valence-corrected chi connectivity index (χ0v) is 19.4. The Labute approximate surface area is 191 Å². The van der Waals surface area contributed by atoms with Gasteiger partial charge in [0.15, 0.2) is 11.2 Å². The first-order valence-electron chi connectivity index (χ1n) is 11.3. The number of hydrogen-bond acceptors (Lipinski definition) is 7. The molecule has 1 saturated heterocycles. The van der Waals surface area contributed by atoms with Crippen molar-refractivity contribution >= 4 is 17.1 Å². The lowest BCUT2D eigenvalue weighted by molar-refractivity contribution is 0.0936. The minimum absolute atomic E-state index is 0.0392. The Balaban J connectivity index is 1.67. The molecule has 1 atom stereocenters. The summed E-state index contributed by atoms with van der Waals surface area (Å²) < 4.78 is 15.1. The zero-order valence-electron chi connectivity index (χ0n) is 19.4. The maximum Gasteiger partial charge on any atom is 0.332 e. The monoisotopic (exact) mass is 457 g/mol. The fourth-order valence-corrected chi connectivity index (χ4v) is 4.25. The number of aliphatic hydroxyl groups excluding tert-OH is 1. The lowest BCUT2D eigenvalue weighted by Crippen LogP contribution is -2.38. The number of nitrogens with zero attached hydrogens (tertiary/aromatic N) is 5. The molecule has 10 nitrogen and oxygen atoms in total. The van der Waals surface area contributed by atoms with Gasteiger partial charge in [-0.25, -0.2) is 4.79 Å². The molecule has 0 saturated carbocycles. The highest BCUT2D eigenvalue weighted by Crippen LogP contribution is 2.24. The van der Waals surface area contributed by atoms with Gasteiger partial charge in [0.1, 0.15) is 24.2 Å². The number of aromatic nitrogens is 4. The summed E-state index contributed by atoms with van der Waals surface area (Å²) in [5.74, 6) is 1.93. The van der Waals surface area contributed by atoms with Gasteiger partial charge in [-0.05, 0) is 37.1 Å². The number of ether oxygens (including phenoxy) is 2. The van der Waals surface area contributed by atoms with Crippen LogP contribution >= 0.6 is 0 Å². The van der Waals surface area contributed by atoms with Crippen molar-refractivity contribution in [1.29, 1.82) is 0 Å². The Morgan fingerprint density at radius 1 is 1.00 bits per heavy atom. The van der Waals surface area contributed by atoms with E-state index >= 15 is 0 Å². The second-order valence-corrected chi connectivity index (χ2v) is 8.44. The molecule has 0 spiro atoms. The van der Waals surface area contributed by atoms with Gasteiger partial charge in [0, 0.05) is 27.2 Å². The third-order valence-electron chi connectivity index (χ3n) is 6.11. The zero-order chi connectivity index (χ0) is 23.5. The number of methoxy groups -OCH3 is 1. The Kier molecular flexibility index (Phi) is 6.73. The molecule has 0 bridgehead atoms. The lowest BCUT2D eigenvalue weighted by atomic mass is 10.2. The average Bonchev–Trinajstić information content (AvgIpc) is 2.99. The van der Waals surface area contributed by atoms with E-state index in [1.54, 1.807) is 43.0 Å². The van der Waals surface area contributed by atoms with E-state index in [4.69, 9.17) is 14.5 Å². The van der Waals surface area contributed by atoms with Crippen LogP contribution in [0.4, 0.5) is 5.95 Å². The highest BCUT2D eigenvalue weighted by Gasteiger charge is 2.25. The van der Waals surface area contributed by atoms with Gasteiger partial charge >= 0.3 is 5.69 Å². The summed E-state index contributed by atoms with van der Waals surface area (Å²) in [6.07, 6.45) is 3.47. The van der Waals surface area contributed by atoms with E-state index in [1.165, 1.54) is 11.6 Å². The molecule has 10 heteroatoms. The number of hydrogen-bond donors (Lipinski definition) is 1. The number of rotatable bonds is 7. The van der Waals surface area contributed by atoms with E-state index < -0.39 is 17.4 Å². The molecule has 3 heterocycles. The quantitative estimate of drug-likeness (QED) is 0.570. The van der Waals surface area contributed by atoms with Crippen LogP contribution in [0.25, 0.3) is 11.2 Å². The molecule has 33 heavy (non-hydrogen) atoms. The highest BCUT2D eigenvalue weighted by atomic mass is 16.5. The minimum Gasteiger partial charge on any atom is -0.497 e. The largest absolute Gasteiger partial charge is 0.497 e. The average molecular weight is 458 g/mol. The van der Waals surface area contributed by atoms with E-state index in [2.05, 4.69) is 4.90 Å². The molecule has 2 aromatic heterocycles. The lowest BCUT2D eigenvalue weighted by Gasteiger charge is -2.23. The fraction of sp³-hybridized carbons (Fsp3) is 0.522. The standard InChI is InChI=1S/C23H31N5O5/c1-25-20-19(21(30)26(2)23(25)31)28(22(24-20)27-12-6-4-5-7-13-27)14-16(29)15-33-18-10-8-17(32-3)9-11-18/h8-11,16,29H,4-7,12-15H2,1-3H3/t16-/m0/s1. The normalized spacial score (nSPS) is 15.5. The first kappa shape index (κ1) is 22.9. The summed E-state index contributed by atoms with van der Waals surface area (Å²) in [5.41, 5.74) is -0.221. The minimum atomic E-state index is -0.892. The summed E-state index contributed by atoms with van der Waals surface area (Å²) >= 11 is 0. The molecule has 178 valence electrons. The topological polar surface area (TPSA) is 104 Å². The Morgan fingerprint density at radius 3 is 2.27 bits per heavy atom. The summed E-state index contributed by atoms with van der Waals surface area (Å²) in [4.78, 5) is 32.4. The number of aliphatic hydroxyl groups is 1. The van der Waals surface area contributed by atoms with Crippen LogP contribution in [0.2, 0.25) is 0 Å². The van der Waals surface area contributed by atoms with Crippen molar-refractivity contribution in [2.45, 2.75) is 38.3 Å². The van der Waals surface area contributed by atoms with Crippen molar-refractivity contribution < 1.29 is 14.6 Å². The molecule has 1 N–H and O–H groups in total. The molecule has 1 aliphatic heterocycles. The van der Waals surface area contributed by atoms with E-state index in [1.807, 2.05) is 0 Å². The molecular formula is C23H31N5O5. The highest BCUT2D eigenvalue weighted by molar-refractivity contribution is 5.74. The van der Waals surface area contributed by atoms with Gasteiger partial charge in [-0.2, -0.15) is 4.98 Å². The SMILES string of the molecule is COc1ccc(OC[C@@H](O)Cn2c(N3CCCCCC3)nc3c2c(=O)n(C)c(=O)n3C)cc1. The van der Waals surface area contributed by atoms with Crippen molar-refractivity contribution in [3.63, 3.8) is 0 Å². The molecule has 0 unspecified atom stereocenters. The van der Waals surface area contributed by atoms with Crippen LogP contribution < -0.4 is 25.6 Å². The predicted octanol–water partition coefficient (Wildman–Crippen LogP) is 1.26. The third-order valence-corrected chi connectivity index (χ3v) is 6.11. The first-order valence-corrected chi connectivity index (χ1v) is 11.3. The van der Waals surface area contributed by atoms with Crippen molar-refractivity contribution in [3.05, 3.63) is 45.1 Å². The van der Waals surface area contributed by atoms with Crippen LogP contribution in [0.15, 0.2) is 33.9 Å². The molecule has 1 aromatic carbocycles. The van der Waals surface area contributed by atoms with Crippen LogP contribution in [0.5, 0.6) is 11.5 Å². The maximum absolute atomic E-state index is 13.1. The van der Waals surface area contributed by atoms with Gasteiger partial charge in [0.2, 0.25) is 5.95 Å². The molecule has 0 radical (unpaired) electrons. The first-order chi connectivity index (χ1) is 15.9. The van der Waals surface area contributed by atoms with Gasteiger partial charge in [-0.3, -0.25) is 13.9 Å². The second-order valence-electron chi connectivity index (χ2n) is 8.44. The van der Waals surface area contributed by atoms with Gasteiger partial charge in [-0.15, -0.1) is 0 Å². The molecular weight excluding hydrogens is 426 g/mol. The molecule has 4 rings (SSSR count). The number of benzene rings is 1. The number of anilines is 1. The molecule has 1 fully saturated rings. The Hall–Kier alpha value is -3.27. The second kappa shape index (κ2) is 9.70. The van der Waals surface area contributed by atoms with Gasteiger partial charge in [0.25, 0.3) is 5.56 Å². The molecule has 1 aliphatic rings. The van der Waals surface area contributed by atoms with Gasteiger partial charge in [0.05, 0.1) is 13.7 Å². The van der Waals surface area contributed by atoms with Crippen LogP contribution in [0.1, 0.15) is 25.7 Å². The Bertz CT molecular complexity index is 1220. The van der Waals surface area contributed by atoms with E-state index in [0.717, 1.165) is 49.1 Å². The van der Waals surface area contributed by atoms with Gasteiger partial charge in [-0.1, -0.05) is 12.8 Å². The Morgan fingerprint density at radius 2 is 1.64 bits per heavy atom. The summed E-state index contributed by atoms with van der Waals surface area (Å²) in [7, 11) is 4.66. The van der Waals surface area contributed by atoms with E-state index in [0.29, 0.717) is 22.9 Å². The smallest absolute Gasteiger partial charge is 0.332 e. The van der Waals surface area contributed by atoms with Crippen LogP contribution in [-0.2, 0) is 20.6 Å². The molecule has 0 aliphatic carbocycles. The van der Waals surface area contributed by atoms with Crippen molar-refractivity contribution in [3.8, 4) is 11.5 Å². The molecule has 3 aromatic rings. The van der Waals surface area contributed by atoms with Crippen molar-refractivity contribution in [1.82, 2.24) is 18.7 Å².